The van der Waals surface area contributed by atoms with Crippen LogP contribution in [0.4, 0.5) is 0 Å². The number of likely N-dealkylation sites (tertiary alicyclic amines) is 1. The van der Waals surface area contributed by atoms with Crippen LogP contribution in [0.1, 0.15) is 68.2 Å². The number of cyclic esters (lactones) is 2. The molecule has 0 aromatic rings. The molecule has 1 N–H and O–H groups in total. The van der Waals surface area contributed by atoms with Gasteiger partial charge in [0.15, 0.2) is 18.3 Å². The molecule has 2 saturated heterocycles. The molecule has 0 aromatic carbocycles. The second kappa shape index (κ2) is 10.6. The first kappa shape index (κ1) is 27.8. The van der Waals surface area contributed by atoms with Crippen LogP contribution >= 0.6 is 0 Å². The number of aliphatic hydroxyl groups is 1. The van der Waals surface area contributed by atoms with Crippen LogP contribution in [0.2, 0.25) is 0 Å². The maximum absolute atomic E-state index is 12.1. The summed E-state index contributed by atoms with van der Waals surface area (Å²) in [5.41, 5.74) is -0.182. The van der Waals surface area contributed by atoms with Crippen molar-refractivity contribution in [1.82, 2.24) is 4.90 Å². The fourth-order valence-corrected chi connectivity index (χ4v) is 3.58. The summed E-state index contributed by atoms with van der Waals surface area (Å²) in [5.74, 6) is -2.36. The Morgan fingerprint density at radius 3 is 1.75 bits per heavy atom. The van der Waals surface area contributed by atoms with Crippen LogP contribution in [0.3, 0.4) is 0 Å². The standard InChI is InChI=1S/C16H29NO5.C6H8O4/c1-10(18)13(19)21-11(2)14(20)22-12-8-15(3,4)17(7)16(5,6)9-12;1-3-5(7)10-4(2)6(8)9-3/h10-12,18H,8-9H2,1-7H3;3-4H,1-2H3. The molecule has 4 atom stereocenters. The molecule has 10 nitrogen and oxygen atoms in total. The second-order valence-electron chi connectivity index (χ2n) is 9.56. The van der Waals surface area contributed by atoms with Gasteiger partial charge in [-0.25, -0.2) is 19.2 Å². The van der Waals surface area contributed by atoms with E-state index in [1.165, 1.54) is 27.7 Å². The molecule has 0 aromatic heterocycles. The highest BCUT2D eigenvalue weighted by Crippen LogP contribution is 2.38. The Morgan fingerprint density at radius 2 is 1.38 bits per heavy atom. The van der Waals surface area contributed by atoms with E-state index in [1.54, 1.807) is 0 Å². The van der Waals surface area contributed by atoms with Gasteiger partial charge in [-0.1, -0.05) is 0 Å². The lowest BCUT2D eigenvalue weighted by atomic mass is 9.79. The second-order valence-corrected chi connectivity index (χ2v) is 9.56. The Bertz CT molecular complexity index is 678. The van der Waals surface area contributed by atoms with Gasteiger partial charge in [-0.2, -0.15) is 0 Å². The topological polar surface area (TPSA) is 129 Å². The molecule has 2 fully saturated rings. The van der Waals surface area contributed by atoms with Crippen LogP contribution < -0.4 is 0 Å². The first-order valence-corrected chi connectivity index (χ1v) is 10.7. The monoisotopic (exact) mass is 459 g/mol. The third-order valence-electron chi connectivity index (χ3n) is 5.77. The number of nitrogens with zero attached hydrogens (tertiary/aromatic N) is 1. The minimum absolute atomic E-state index is 0.0910. The van der Waals surface area contributed by atoms with E-state index in [9.17, 15) is 19.2 Å². The molecule has 0 aliphatic carbocycles. The Balaban J connectivity index is 0.000000425. The SMILES string of the molecule is CC(O)C(=O)OC(C)C(=O)OC1CC(C)(C)N(C)C(C)(C)C1.CC1OC(=O)C(C)OC1=O. The van der Waals surface area contributed by atoms with Gasteiger partial charge in [0.2, 0.25) is 0 Å². The quantitative estimate of drug-likeness (QED) is 0.486. The van der Waals surface area contributed by atoms with Gasteiger partial charge >= 0.3 is 23.9 Å². The fraction of sp³-hybridized carbons (Fsp3) is 0.818. The Morgan fingerprint density at radius 1 is 0.969 bits per heavy atom. The van der Waals surface area contributed by atoms with Crippen LogP contribution in [0.25, 0.3) is 0 Å². The lowest BCUT2D eigenvalue weighted by molar-refractivity contribution is -0.191. The molecule has 0 bridgehead atoms. The predicted molar refractivity (Wildman–Crippen MR) is 113 cm³/mol. The zero-order valence-corrected chi connectivity index (χ0v) is 20.5. The van der Waals surface area contributed by atoms with Gasteiger partial charge in [0, 0.05) is 23.9 Å². The number of piperidine rings is 1. The Kier molecular flexibility index (Phi) is 9.23. The van der Waals surface area contributed by atoms with Crippen molar-refractivity contribution in [2.45, 2.75) is 110 Å². The Labute approximate surface area is 189 Å². The van der Waals surface area contributed by atoms with Gasteiger partial charge in [-0.05, 0) is 62.4 Å². The van der Waals surface area contributed by atoms with E-state index in [4.69, 9.17) is 14.6 Å². The number of carbonyl (C=O) groups is 4. The molecule has 0 amide bonds. The molecular weight excluding hydrogens is 422 g/mol. The highest BCUT2D eigenvalue weighted by molar-refractivity contribution is 5.86. The minimum atomic E-state index is -1.25. The third kappa shape index (κ3) is 7.44. The number of rotatable bonds is 4. The third-order valence-corrected chi connectivity index (χ3v) is 5.77. The summed E-state index contributed by atoms with van der Waals surface area (Å²) in [7, 11) is 2.07. The number of carbonyl (C=O) groups excluding carboxylic acids is 4. The highest BCUT2D eigenvalue weighted by Gasteiger charge is 2.44. The minimum Gasteiger partial charge on any atom is -0.460 e. The van der Waals surface area contributed by atoms with Crippen LogP contribution in [0.5, 0.6) is 0 Å². The largest absolute Gasteiger partial charge is 0.460 e. The van der Waals surface area contributed by atoms with E-state index in [1.807, 2.05) is 0 Å². The maximum atomic E-state index is 12.1. The summed E-state index contributed by atoms with van der Waals surface area (Å²) in [6.45, 7) is 14.2. The number of hydrogen-bond donors (Lipinski definition) is 1. The molecule has 10 heteroatoms. The van der Waals surface area contributed by atoms with Gasteiger partial charge in [-0.15, -0.1) is 0 Å². The molecule has 0 saturated carbocycles. The maximum Gasteiger partial charge on any atom is 0.347 e. The van der Waals surface area contributed by atoms with E-state index < -0.39 is 48.3 Å². The van der Waals surface area contributed by atoms with Crippen LogP contribution in [-0.2, 0) is 38.1 Å². The van der Waals surface area contributed by atoms with Gasteiger partial charge in [0.25, 0.3) is 0 Å². The van der Waals surface area contributed by atoms with Crippen molar-refractivity contribution in [3.05, 3.63) is 0 Å². The fourth-order valence-electron chi connectivity index (χ4n) is 3.58. The summed E-state index contributed by atoms with van der Waals surface area (Å²) in [6, 6.07) is 0. The van der Waals surface area contributed by atoms with Crippen LogP contribution in [0, 0.1) is 0 Å². The van der Waals surface area contributed by atoms with Crippen molar-refractivity contribution in [2.75, 3.05) is 7.05 Å². The first-order valence-electron chi connectivity index (χ1n) is 10.7. The van der Waals surface area contributed by atoms with Crippen molar-refractivity contribution >= 4 is 23.9 Å². The van der Waals surface area contributed by atoms with E-state index >= 15 is 0 Å². The van der Waals surface area contributed by atoms with Crippen LogP contribution in [0.15, 0.2) is 0 Å². The van der Waals surface area contributed by atoms with Crippen molar-refractivity contribution in [3.8, 4) is 0 Å². The molecule has 2 aliphatic heterocycles. The smallest absolute Gasteiger partial charge is 0.347 e. The summed E-state index contributed by atoms with van der Waals surface area (Å²) in [4.78, 5) is 47.0. The molecule has 2 rings (SSSR count). The number of aliphatic hydroxyl groups excluding tert-OH is 1. The Hall–Kier alpha value is -2.20. The van der Waals surface area contributed by atoms with Gasteiger partial charge in [0.1, 0.15) is 12.2 Å². The zero-order valence-electron chi connectivity index (χ0n) is 20.5. The summed E-state index contributed by atoms with van der Waals surface area (Å²) in [5, 5.41) is 9.11. The summed E-state index contributed by atoms with van der Waals surface area (Å²) < 4.78 is 19.6. The molecule has 184 valence electrons. The molecule has 32 heavy (non-hydrogen) atoms. The van der Waals surface area contributed by atoms with Crippen LogP contribution in [-0.4, -0.2) is 82.5 Å². The molecule has 0 spiro atoms. The molecule has 0 radical (unpaired) electrons. The van der Waals surface area contributed by atoms with E-state index in [0.29, 0.717) is 0 Å². The lowest BCUT2D eigenvalue weighted by Crippen LogP contribution is -2.60. The number of ether oxygens (including phenoxy) is 4. The summed E-state index contributed by atoms with van der Waals surface area (Å²) >= 11 is 0. The van der Waals surface area contributed by atoms with Crippen molar-refractivity contribution in [3.63, 3.8) is 0 Å². The molecule has 2 heterocycles. The van der Waals surface area contributed by atoms with Gasteiger partial charge in [-0.3, -0.25) is 4.90 Å². The van der Waals surface area contributed by atoms with E-state index in [-0.39, 0.29) is 17.2 Å². The van der Waals surface area contributed by atoms with Gasteiger partial charge < -0.3 is 24.1 Å². The number of hydrogen-bond acceptors (Lipinski definition) is 10. The number of esters is 4. The zero-order chi connectivity index (χ0) is 25.0. The summed E-state index contributed by atoms with van der Waals surface area (Å²) in [6.07, 6.45) is -2.55. The lowest BCUT2D eigenvalue weighted by Gasteiger charge is -2.53. The highest BCUT2D eigenvalue weighted by atomic mass is 16.6. The molecular formula is C22H37NO9. The van der Waals surface area contributed by atoms with Crippen molar-refractivity contribution < 1.29 is 43.2 Å². The molecule has 2 aliphatic rings. The molecule has 4 unspecified atom stereocenters. The normalized spacial score (nSPS) is 27.1. The van der Waals surface area contributed by atoms with Crippen molar-refractivity contribution in [2.24, 2.45) is 0 Å². The predicted octanol–water partition coefficient (Wildman–Crippen LogP) is 1.36. The average Bonchev–Trinajstić information content (AvgIpc) is 2.64. The average molecular weight is 460 g/mol. The van der Waals surface area contributed by atoms with E-state index in [2.05, 4.69) is 49.1 Å². The van der Waals surface area contributed by atoms with E-state index in [0.717, 1.165) is 12.8 Å². The van der Waals surface area contributed by atoms with Crippen molar-refractivity contribution in [1.29, 1.82) is 0 Å². The van der Waals surface area contributed by atoms with Gasteiger partial charge in [0.05, 0.1) is 0 Å². The first-order chi connectivity index (χ1) is 14.5.